The van der Waals surface area contributed by atoms with E-state index in [0.29, 0.717) is 12.0 Å². The SMILES string of the molecule is CCC(C(=O)NC(C=O)CC(=O)O)N(CC)C(=O)C(NC(=O)c1ccc(NC(C)=O)cc1Cl)C(C)(C)C. The first-order valence-corrected chi connectivity index (χ1v) is 12.2. The second kappa shape index (κ2) is 13.7. The number of amides is 4. The lowest BCUT2D eigenvalue weighted by Crippen LogP contribution is -2.60. The summed E-state index contributed by atoms with van der Waals surface area (Å²) >= 11 is 6.26. The quantitative estimate of drug-likeness (QED) is 0.296. The third-order valence-corrected chi connectivity index (χ3v) is 5.81. The number of hydrogen-bond acceptors (Lipinski definition) is 6. The second-order valence-electron chi connectivity index (χ2n) is 9.55. The highest BCUT2D eigenvalue weighted by Crippen LogP contribution is 2.25. The van der Waals surface area contributed by atoms with Gasteiger partial charge in [-0.15, -0.1) is 0 Å². The molecule has 12 heteroatoms. The lowest BCUT2D eigenvalue weighted by molar-refractivity contribution is -0.145. The average Bonchev–Trinajstić information content (AvgIpc) is 2.78. The molecule has 0 spiro atoms. The van der Waals surface area contributed by atoms with Gasteiger partial charge in [0.25, 0.3) is 5.91 Å². The van der Waals surface area contributed by atoms with E-state index in [4.69, 9.17) is 16.7 Å². The molecule has 0 saturated heterocycles. The monoisotopic (exact) mass is 538 g/mol. The first-order valence-electron chi connectivity index (χ1n) is 11.8. The molecule has 3 unspecified atom stereocenters. The number of carbonyl (C=O) groups is 6. The molecule has 0 aliphatic carbocycles. The van der Waals surface area contributed by atoms with Crippen molar-refractivity contribution in [2.75, 3.05) is 11.9 Å². The number of likely N-dealkylation sites (N-methyl/N-ethyl adjacent to an activating group) is 1. The molecular weight excluding hydrogens is 504 g/mol. The number of anilines is 1. The Labute approximate surface area is 221 Å². The Hall–Kier alpha value is -3.47. The smallest absolute Gasteiger partial charge is 0.305 e. The van der Waals surface area contributed by atoms with Crippen LogP contribution in [0.2, 0.25) is 5.02 Å². The Morgan fingerprint density at radius 3 is 2.16 bits per heavy atom. The number of nitrogens with one attached hydrogen (secondary N) is 3. The van der Waals surface area contributed by atoms with E-state index in [0.717, 1.165) is 0 Å². The van der Waals surface area contributed by atoms with Crippen LogP contribution >= 0.6 is 11.6 Å². The van der Waals surface area contributed by atoms with E-state index in [-0.39, 0.29) is 29.5 Å². The summed E-state index contributed by atoms with van der Waals surface area (Å²) in [5, 5.41) is 16.7. The Morgan fingerprint density at radius 2 is 1.73 bits per heavy atom. The number of nitrogens with zero attached hydrogens (tertiary/aromatic N) is 1. The predicted octanol–water partition coefficient (Wildman–Crippen LogP) is 2.23. The molecule has 4 amide bonds. The van der Waals surface area contributed by atoms with Crippen LogP contribution in [0.3, 0.4) is 0 Å². The number of hydrogen-bond donors (Lipinski definition) is 4. The molecule has 1 aromatic carbocycles. The number of aliphatic carboxylic acids is 1. The molecule has 1 aromatic rings. The molecule has 0 aliphatic heterocycles. The number of rotatable bonds is 12. The summed E-state index contributed by atoms with van der Waals surface area (Å²) in [6.45, 7) is 10.0. The first-order chi connectivity index (χ1) is 17.2. The average molecular weight is 539 g/mol. The zero-order valence-electron chi connectivity index (χ0n) is 21.9. The maximum atomic E-state index is 13.7. The van der Waals surface area contributed by atoms with Gasteiger partial charge in [-0.1, -0.05) is 39.3 Å². The van der Waals surface area contributed by atoms with Gasteiger partial charge in [0.15, 0.2) is 0 Å². The molecule has 11 nitrogen and oxygen atoms in total. The van der Waals surface area contributed by atoms with Crippen LogP contribution < -0.4 is 16.0 Å². The van der Waals surface area contributed by atoms with Gasteiger partial charge in [-0.2, -0.15) is 0 Å². The highest BCUT2D eigenvalue weighted by Gasteiger charge is 2.39. The van der Waals surface area contributed by atoms with Crippen molar-refractivity contribution < 1.29 is 33.9 Å². The van der Waals surface area contributed by atoms with E-state index in [9.17, 15) is 28.8 Å². The number of carbonyl (C=O) groups excluding carboxylic acids is 5. The van der Waals surface area contributed by atoms with Gasteiger partial charge in [0.1, 0.15) is 18.4 Å². The van der Waals surface area contributed by atoms with E-state index in [1.54, 1.807) is 34.6 Å². The molecule has 0 aromatic heterocycles. The van der Waals surface area contributed by atoms with Gasteiger partial charge in [-0.05, 0) is 37.0 Å². The van der Waals surface area contributed by atoms with Gasteiger partial charge in [0.05, 0.1) is 23.0 Å². The molecule has 0 aliphatic rings. The van der Waals surface area contributed by atoms with Crippen LogP contribution in [0.15, 0.2) is 18.2 Å². The van der Waals surface area contributed by atoms with Crippen molar-refractivity contribution in [3.8, 4) is 0 Å². The van der Waals surface area contributed by atoms with Crippen molar-refractivity contribution in [1.29, 1.82) is 0 Å². The minimum absolute atomic E-state index is 0.0698. The standard InChI is InChI=1S/C25H35ClN4O7/c1-7-19(23(36)28-16(13-31)12-20(33)34)30(8-2)24(37)21(25(4,5)6)29-22(35)17-10-9-15(11-18(17)26)27-14(3)32/h9-11,13,16,19,21H,7-8,12H2,1-6H3,(H,27,32)(H,28,36)(H,29,35)(H,33,34). The lowest BCUT2D eigenvalue weighted by atomic mass is 9.85. The van der Waals surface area contributed by atoms with Gasteiger partial charge in [0, 0.05) is 19.2 Å². The van der Waals surface area contributed by atoms with Crippen LogP contribution in [-0.4, -0.2) is 70.6 Å². The van der Waals surface area contributed by atoms with Gasteiger partial charge < -0.3 is 30.8 Å². The fourth-order valence-electron chi connectivity index (χ4n) is 3.68. The molecule has 4 N–H and O–H groups in total. The minimum atomic E-state index is -1.26. The number of aldehydes is 1. The van der Waals surface area contributed by atoms with Crippen molar-refractivity contribution in [1.82, 2.24) is 15.5 Å². The summed E-state index contributed by atoms with van der Waals surface area (Å²) in [5.74, 6) is -3.39. The molecular formula is C25H35ClN4O7. The van der Waals surface area contributed by atoms with E-state index < -0.39 is 53.7 Å². The molecule has 37 heavy (non-hydrogen) atoms. The molecule has 1 rings (SSSR count). The van der Waals surface area contributed by atoms with Crippen LogP contribution in [0.1, 0.15) is 64.7 Å². The van der Waals surface area contributed by atoms with Crippen molar-refractivity contribution in [2.24, 2.45) is 5.41 Å². The molecule has 0 fully saturated rings. The van der Waals surface area contributed by atoms with Crippen molar-refractivity contribution in [3.63, 3.8) is 0 Å². The molecule has 0 heterocycles. The van der Waals surface area contributed by atoms with Gasteiger partial charge in [0.2, 0.25) is 17.7 Å². The summed E-state index contributed by atoms with van der Waals surface area (Å²) in [5.41, 5.74) is -0.275. The summed E-state index contributed by atoms with van der Waals surface area (Å²) < 4.78 is 0. The topological polar surface area (TPSA) is 162 Å². The fraction of sp³-hybridized carbons (Fsp3) is 0.520. The summed E-state index contributed by atoms with van der Waals surface area (Å²) in [6, 6.07) is 1.04. The van der Waals surface area contributed by atoms with Crippen LogP contribution in [-0.2, 0) is 24.0 Å². The summed E-state index contributed by atoms with van der Waals surface area (Å²) in [6.07, 6.45) is -0.0742. The van der Waals surface area contributed by atoms with Gasteiger partial charge in [-0.3, -0.25) is 24.0 Å². The van der Waals surface area contributed by atoms with E-state index in [1.165, 1.54) is 30.0 Å². The van der Waals surface area contributed by atoms with E-state index in [2.05, 4.69) is 16.0 Å². The second-order valence-corrected chi connectivity index (χ2v) is 9.95. The molecule has 0 saturated carbocycles. The highest BCUT2D eigenvalue weighted by molar-refractivity contribution is 6.34. The Kier molecular flexibility index (Phi) is 11.7. The maximum Gasteiger partial charge on any atom is 0.305 e. The Balaban J connectivity index is 3.22. The number of carboxylic acid groups (broad SMARTS) is 1. The van der Waals surface area contributed by atoms with Crippen LogP contribution in [0.25, 0.3) is 0 Å². The first kappa shape index (κ1) is 31.6. The van der Waals surface area contributed by atoms with E-state index >= 15 is 0 Å². The maximum absolute atomic E-state index is 13.7. The van der Waals surface area contributed by atoms with Crippen LogP contribution in [0.5, 0.6) is 0 Å². The summed E-state index contributed by atoms with van der Waals surface area (Å²) in [4.78, 5) is 74.4. The normalized spacial score (nSPS) is 13.5. The molecule has 0 bridgehead atoms. The molecule has 3 atom stereocenters. The molecule has 204 valence electrons. The Bertz CT molecular complexity index is 1040. The highest BCUT2D eigenvalue weighted by atomic mass is 35.5. The Morgan fingerprint density at radius 1 is 1.11 bits per heavy atom. The zero-order valence-corrected chi connectivity index (χ0v) is 22.6. The zero-order chi connectivity index (χ0) is 28.5. The minimum Gasteiger partial charge on any atom is -0.481 e. The van der Waals surface area contributed by atoms with Gasteiger partial charge >= 0.3 is 5.97 Å². The third-order valence-electron chi connectivity index (χ3n) is 5.50. The number of carboxylic acids is 1. The van der Waals surface area contributed by atoms with Crippen molar-refractivity contribution in [3.05, 3.63) is 28.8 Å². The fourth-order valence-corrected chi connectivity index (χ4v) is 3.95. The van der Waals surface area contributed by atoms with Gasteiger partial charge in [-0.25, -0.2) is 0 Å². The number of benzene rings is 1. The molecule has 0 radical (unpaired) electrons. The largest absolute Gasteiger partial charge is 0.481 e. The van der Waals surface area contributed by atoms with Crippen LogP contribution in [0, 0.1) is 5.41 Å². The lowest BCUT2D eigenvalue weighted by Gasteiger charge is -2.37. The van der Waals surface area contributed by atoms with E-state index in [1.807, 2.05) is 0 Å². The van der Waals surface area contributed by atoms with Crippen molar-refractivity contribution in [2.45, 2.75) is 72.5 Å². The predicted molar refractivity (Wildman–Crippen MR) is 138 cm³/mol. The third kappa shape index (κ3) is 9.16. The van der Waals surface area contributed by atoms with Crippen LogP contribution in [0.4, 0.5) is 5.69 Å². The summed E-state index contributed by atoms with van der Waals surface area (Å²) in [7, 11) is 0. The number of halogens is 1. The van der Waals surface area contributed by atoms with Crippen molar-refractivity contribution >= 4 is 53.2 Å².